The molecule has 2 aliphatic rings. The quantitative estimate of drug-likeness (QED) is 0.806. The topological polar surface area (TPSA) is 82.0 Å². The van der Waals surface area contributed by atoms with E-state index in [1.807, 2.05) is 27.7 Å². The molecule has 0 spiro atoms. The van der Waals surface area contributed by atoms with Gasteiger partial charge in [0.2, 0.25) is 5.91 Å². The van der Waals surface area contributed by atoms with E-state index in [4.69, 9.17) is 5.11 Å². The van der Waals surface area contributed by atoms with Crippen LogP contribution in [0.5, 0.6) is 0 Å². The predicted octanol–water partition coefficient (Wildman–Crippen LogP) is 3.47. The standard InChI is InChI=1S/C18H31N3O3/c1-12(16(18(2,3)4)19-17(23)24)14-10-15(22)21(20-14)11-13-8-6-5-7-9-13/h12-13,16,19H,5-11H2,1-4H3,(H,23,24). The Morgan fingerprint density at radius 2 is 1.96 bits per heavy atom. The molecule has 0 radical (unpaired) electrons. The van der Waals surface area contributed by atoms with Crippen LogP contribution in [-0.4, -0.2) is 40.4 Å². The molecule has 1 heterocycles. The van der Waals surface area contributed by atoms with Crippen LogP contribution in [0.3, 0.4) is 0 Å². The highest BCUT2D eigenvalue weighted by Crippen LogP contribution is 2.30. The Bertz CT molecular complexity index is 504. The summed E-state index contributed by atoms with van der Waals surface area (Å²) < 4.78 is 0. The number of nitrogens with zero attached hydrogens (tertiary/aromatic N) is 2. The monoisotopic (exact) mass is 337 g/mol. The zero-order chi connectivity index (χ0) is 17.9. The molecule has 136 valence electrons. The Labute approximate surface area is 144 Å². The lowest BCUT2D eigenvalue weighted by molar-refractivity contribution is -0.129. The summed E-state index contributed by atoms with van der Waals surface area (Å²) in [5.74, 6) is 0.489. The average Bonchev–Trinajstić information content (AvgIpc) is 2.85. The van der Waals surface area contributed by atoms with Crippen LogP contribution in [0, 0.1) is 17.3 Å². The van der Waals surface area contributed by atoms with Gasteiger partial charge < -0.3 is 10.4 Å². The van der Waals surface area contributed by atoms with Crippen LogP contribution in [0.15, 0.2) is 5.10 Å². The minimum atomic E-state index is -1.04. The lowest BCUT2D eigenvalue weighted by atomic mass is 9.77. The first-order valence-electron chi connectivity index (χ1n) is 9.05. The molecule has 6 nitrogen and oxygen atoms in total. The van der Waals surface area contributed by atoms with E-state index in [-0.39, 0.29) is 23.3 Å². The van der Waals surface area contributed by atoms with E-state index >= 15 is 0 Å². The number of hydrogen-bond acceptors (Lipinski definition) is 3. The van der Waals surface area contributed by atoms with Crippen LogP contribution < -0.4 is 5.32 Å². The van der Waals surface area contributed by atoms with Crippen molar-refractivity contribution in [1.29, 1.82) is 0 Å². The minimum Gasteiger partial charge on any atom is -0.465 e. The van der Waals surface area contributed by atoms with E-state index in [2.05, 4.69) is 10.4 Å². The molecular weight excluding hydrogens is 306 g/mol. The van der Waals surface area contributed by atoms with Crippen LogP contribution in [0.1, 0.15) is 66.2 Å². The molecule has 24 heavy (non-hydrogen) atoms. The first-order valence-corrected chi connectivity index (χ1v) is 9.05. The number of nitrogens with one attached hydrogen (secondary N) is 1. The van der Waals surface area contributed by atoms with Gasteiger partial charge in [0.1, 0.15) is 0 Å². The largest absolute Gasteiger partial charge is 0.465 e. The van der Waals surface area contributed by atoms with Gasteiger partial charge in [0.15, 0.2) is 0 Å². The van der Waals surface area contributed by atoms with Gasteiger partial charge in [-0.3, -0.25) is 4.79 Å². The van der Waals surface area contributed by atoms with Gasteiger partial charge in [-0.05, 0) is 24.2 Å². The molecule has 1 saturated carbocycles. The molecule has 1 aliphatic carbocycles. The first-order chi connectivity index (χ1) is 11.2. The fourth-order valence-electron chi connectivity index (χ4n) is 3.92. The second-order valence-corrected chi connectivity index (χ2v) is 8.33. The van der Waals surface area contributed by atoms with Gasteiger partial charge in [-0.2, -0.15) is 5.10 Å². The van der Waals surface area contributed by atoms with Crippen molar-refractivity contribution < 1.29 is 14.7 Å². The lowest BCUT2D eigenvalue weighted by Gasteiger charge is -2.35. The maximum Gasteiger partial charge on any atom is 0.404 e. The van der Waals surface area contributed by atoms with Crippen molar-refractivity contribution in [3.63, 3.8) is 0 Å². The number of amides is 2. The van der Waals surface area contributed by atoms with Crippen molar-refractivity contribution in [2.45, 2.75) is 72.3 Å². The Morgan fingerprint density at radius 3 is 2.50 bits per heavy atom. The van der Waals surface area contributed by atoms with E-state index in [9.17, 15) is 9.59 Å². The number of carboxylic acid groups (broad SMARTS) is 1. The normalized spacial score (nSPS) is 22.2. The van der Waals surface area contributed by atoms with Gasteiger partial charge in [-0.25, -0.2) is 9.80 Å². The maximum absolute atomic E-state index is 12.3. The van der Waals surface area contributed by atoms with E-state index in [1.54, 1.807) is 5.01 Å². The van der Waals surface area contributed by atoms with Crippen molar-refractivity contribution in [3.8, 4) is 0 Å². The van der Waals surface area contributed by atoms with Crippen molar-refractivity contribution >= 4 is 17.7 Å². The molecular formula is C18H31N3O3. The third-order valence-corrected chi connectivity index (χ3v) is 5.26. The van der Waals surface area contributed by atoms with Gasteiger partial charge in [-0.15, -0.1) is 0 Å². The second-order valence-electron chi connectivity index (χ2n) is 8.33. The van der Waals surface area contributed by atoms with E-state index in [1.165, 1.54) is 32.1 Å². The maximum atomic E-state index is 12.3. The van der Waals surface area contributed by atoms with Crippen molar-refractivity contribution in [2.24, 2.45) is 22.4 Å². The highest BCUT2D eigenvalue weighted by Gasteiger charge is 2.37. The van der Waals surface area contributed by atoms with Crippen molar-refractivity contribution in [3.05, 3.63) is 0 Å². The zero-order valence-corrected chi connectivity index (χ0v) is 15.3. The molecule has 0 aromatic heterocycles. The Morgan fingerprint density at radius 1 is 1.33 bits per heavy atom. The Kier molecular flexibility index (Phi) is 5.88. The van der Waals surface area contributed by atoms with Gasteiger partial charge in [0.25, 0.3) is 0 Å². The Balaban J connectivity index is 2.07. The van der Waals surface area contributed by atoms with Gasteiger partial charge >= 0.3 is 6.09 Å². The molecule has 6 heteroatoms. The predicted molar refractivity (Wildman–Crippen MR) is 93.9 cm³/mol. The molecule has 1 fully saturated rings. The smallest absolute Gasteiger partial charge is 0.404 e. The average molecular weight is 337 g/mol. The number of rotatable bonds is 5. The Hall–Kier alpha value is -1.59. The summed E-state index contributed by atoms with van der Waals surface area (Å²) >= 11 is 0. The van der Waals surface area contributed by atoms with E-state index in [0.717, 1.165) is 5.71 Å². The first kappa shape index (κ1) is 18.7. The van der Waals surface area contributed by atoms with E-state index in [0.29, 0.717) is 18.9 Å². The summed E-state index contributed by atoms with van der Waals surface area (Å²) in [5.41, 5.74) is 0.546. The molecule has 0 aromatic rings. The van der Waals surface area contributed by atoms with Crippen molar-refractivity contribution in [1.82, 2.24) is 10.3 Å². The number of hydrazone groups is 1. The highest BCUT2D eigenvalue weighted by atomic mass is 16.4. The summed E-state index contributed by atoms with van der Waals surface area (Å²) in [6.45, 7) is 8.67. The van der Waals surface area contributed by atoms with Gasteiger partial charge in [-0.1, -0.05) is 47.0 Å². The zero-order valence-electron chi connectivity index (χ0n) is 15.3. The highest BCUT2D eigenvalue weighted by molar-refractivity contribution is 6.06. The molecule has 2 atom stereocenters. The number of hydrogen-bond donors (Lipinski definition) is 2. The summed E-state index contributed by atoms with van der Waals surface area (Å²) in [7, 11) is 0. The third kappa shape index (κ3) is 4.71. The van der Waals surface area contributed by atoms with Crippen LogP contribution in [0.2, 0.25) is 0 Å². The molecule has 1 aliphatic heterocycles. The molecule has 0 bridgehead atoms. The van der Waals surface area contributed by atoms with Crippen LogP contribution in [0.4, 0.5) is 4.79 Å². The summed E-state index contributed by atoms with van der Waals surface area (Å²) in [4.78, 5) is 23.5. The second kappa shape index (κ2) is 7.53. The van der Waals surface area contributed by atoms with Crippen LogP contribution in [-0.2, 0) is 4.79 Å². The molecule has 2 rings (SSSR count). The SMILES string of the molecule is CC(C1=NN(CC2CCCCC2)C(=O)C1)C(NC(=O)O)C(C)(C)C. The van der Waals surface area contributed by atoms with Crippen LogP contribution in [0.25, 0.3) is 0 Å². The van der Waals surface area contributed by atoms with E-state index < -0.39 is 6.09 Å². The molecule has 2 amide bonds. The minimum absolute atomic E-state index is 0.0467. The fourth-order valence-corrected chi connectivity index (χ4v) is 3.92. The van der Waals surface area contributed by atoms with Crippen molar-refractivity contribution in [2.75, 3.05) is 6.54 Å². The number of carbonyl (C=O) groups excluding carboxylic acids is 1. The summed E-state index contributed by atoms with van der Waals surface area (Å²) in [5, 5.41) is 17.9. The number of carbonyl (C=O) groups is 2. The molecule has 0 aromatic carbocycles. The lowest BCUT2D eigenvalue weighted by Crippen LogP contribution is -2.49. The summed E-state index contributed by atoms with van der Waals surface area (Å²) in [6.07, 6.45) is 5.41. The molecule has 2 N–H and O–H groups in total. The molecule has 0 saturated heterocycles. The fraction of sp³-hybridized carbons (Fsp3) is 0.833. The van der Waals surface area contributed by atoms with Crippen LogP contribution >= 0.6 is 0 Å². The third-order valence-electron chi connectivity index (χ3n) is 5.26. The summed E-state index contributed by atoms with van der Waals surface area (Å²) in [6, 6.07) is -0.281. The molecule has 2 unspecified atom stereocenters. The van der Waals surface area contributed by atoms with Gasteiger partial charge in [0.05, 0.1) is 12.1 Å². The van der Waals surface area contributed by atoms with Gasteiger partial charge in [0, 0.05) is 18.5 Å².